The lowest BCUT2D eigenvalue weighted by Crippen LogP contribution is -2.61. The molecule has 11 nitrogen and oxygen atoms in total. The molecule has 0 aliphatic carbocycles. The summed E-state index contributed by atoms with van der Waals surface area (Å²) in [7, 11) is 0. The minimum Gasteiger partial charge on any atom is -0.454 e. The van der Waals surface area contributed by atoms with E-state index in [1.807, 2.05) is 18.2 Å². The van der Waals surface area contributed by atoms with E-state index in [0.29, 0.717) is 12.8 Å². The fourth-order valence-corrected chi connectivity index (χ4v) is 8.46. The molecule has 8 unspecified atom stereocenters. The molecule has 1 saturated heterocycles. The number of carbonyl (C=O) groups is 2. The molecule has 0 aromatic carbocycles. The second-order valence-electron chi connectivity index (χ2n) is 19.3. The van der Waals surface area contributed by atoms with Gasteiger partial charge in [-0.1, -0.05) is 211 Å². The molecule has 8 atom stereocenters. The molecule has 11 heteroatoms. The second-order valence-corrected chi connectivity index (χ2v) is 19.3. The van der Waals surface area contributed by atoms with Crippen LogP contribution in [0.4, 0.5) is 0 Å². The van der Waals surface area contributed by atoms with E-state index in [1.54, 1.807) is 6.08 Å². The van der Waals surface area contributed by atoms with Crippen molar-refractivity contribution >= 4 is 11.9 Å². The highest BCUT2D eigenvalue weighted by Gasteiger charge is 2.47. The van der Waals surface area contributed by atoms with E-state index in [1.165, 1.54) is 128 Å². The van der Waals surface area contributed by atoms with Crippen LogP contribution < -0.4 is 5.32 Å². The van der Waals surface area contributed by atoms with Crippen LogP contribution in [0.1, 0.15) is 239 Å². The van der Waals surface area contributed by atoms with Crippen molar-refractivity contribution in [1.82, 2.24) is 5.32 Å². The fraction of sp³-hybridized carbons (Fsp3) is 0.825. The molecule has 6 N–H and O–H groups in total. The molecule has 1 fully saturated rings. The van der Waals surface area contributed by atoms with Crippen molar-refractivity contribution in [2.75, 3.05) is 13.2 Å². The van der Waals surface area contributed by atoms with Gasteiger partial charge in [-0.3, -0.25) is 9.59 Å². The minimum atomic E-state index is -1.63. The normalized spacial score (nSPS) is 20.3. The topological polar surface area (TPSA) is 175 Å². The number of hydrogen-bond donors (Lipinski definition) is 6. The summed E-state index contributed by atoms with van der Waals surface area (Å²) in [6.45, 7) is 5.71. The molecule has 0 aromatic heterocycles. The number of ether oxygens (including phenoxy) is 3. The smallest absolute Gasteiger partial charge is 0.306 e. The molecule has 1 aliphatic rings. The van der Waals surface area contributed by atoms with Crippen LogP contribution in [0.25, 0.3) is 0 Å². The van der Waals surface area contributed by atoms with Gasteiger partial charge in [0.15, 0.2) is 12.4 Å². The first-order valence-electron chi connectivity index (χ1n) is 27.9. The number of amides is 1. The number of aliphatic hydroxyl groups excluding tert-OH is 5. The summed E-state index contributed by atoms with van der Waals surface area (Å²) in [4.78, 5) is 26.3. The van der Waals surface area contributed by atoms with E-state index in [0.717, 1.165) is 64.2 Å². The molecule has 0 aromatic rings. The Bertz CT molecular complexity index is 1290. The second kappa shape index (κ2) is 45.7. The predicted octanol–water partition coefficient (Wildman–Crippen LogP) is 12.1. The monoisotopic (exact) mass is 962 g/mol. The highest BCUT2D eigenvalue weighted by Crippen LogP contribution is 2.26. The Hall–Kier alpha value is -2.38. The molecule has 0 spiro atoms. The third kappa shape index (κ3) is 34.0. The van der Waals surface area contributed by atoms with Crippen molar-refractivity contribution in [2.45, 2.75) is 288 Å². The molecular formula is C57H103NO10. The van der Waals surface area contributed by atoms with Crippen molar-refractivity contribution in [3.63, 3.8) is 0 Å². The van der Waals surface area contributed by atoms with Gasteiger partial charge in [0, 0.05) is 6.42 Å². The Balaban J connectivity index is 2.79. The zero-order valence-electron chi connectivity index (χ0n) is 43.5. The lowest BCUT2D eigenvalue weighted by atomic mass is 9.99. The first kappa shape index (κ1) is 63.6. The lowest BCUT2D eigenvalue weighted by molar-refractivity contribution is -0.305. The predicted molar refractivity (Wildman–Crippen MR) is 278 cm³/mol. The van der Waals surface area contributed by atoms with E-state index in [4.69, 9.17) is 14.2 Å². The number of rotatable bonds is 46. The molecule has 68 heavy (non-hydrogen) atoms. The van der Waals surface area contributed by atoms with Gasteiger partial charge >= 0.3 is 5.97 Å². The van der Waals surface area contributed by atoms with Crippen molar-refractivity contribution in [3.8, 4) is 0 Å². The first-order valence-corrected chi connectivity index (χ1v) is 27.9. The summed E-state index contributed by atoms with van der Waals surface area (Å²) in [5.41, 5.74) is 0. The quantitative estimate of drug-likeness (QED) is 0.0196. The van der Waals surface area contributed by atoms with Gasteiger partial charge in [-0.05, 0) is 70.6 Å². The zero-order chi connectivity index (χ0) is 49.7. The summed E-state index contributed by atoms with van der Waals surface area (Å²) in [6, 6.07) is -1.03. The molecular weight excluding hydrogens is 859 g/mol. The Labute approximate surface area is 415 Å². The number of aliphatic hydroxyl groups is 5. The molecule has 1 amide bonds. The largest absolute Gasteiger partial charge is 0.454 e. The van der Waals surface area contributed by atoms with Crippen molar-refractivity contribution < 1.29 is 49.3 Å². The molecule has 0 radical (unpaired) electrons. The molecule has 1 rings (SSSR count). The van der Waals surface area contributed by atoms with Gasteiger partial charge in [-0.2, -0.15) is 0 Å². The van der Waals surface area contributed by atoms with Crippen LogP contribution in [0.3, 0.4) is 0 Å². The van der Waals surface area contributed by atoms with Gasteiger partial charge in [0.1, 0.15) is 24.4 Å². The van der Waals surface area contributed by atoms with Crippen LogP contribution in [0.15, 0.2) is 48.6 Å². The SMILES string of the molecule is CCCCCC/C=C\CCCCCCCCC(O)C(=O)NC(COC1OC(CO)C(O)C(O)C1OC(=O)CC/C=C/C/C=C\CCCCCCCC)C(O)/C=C/CCCCCCCCCCCC. The van der Waals surface area contributed by atoms with Gasteiger partial charge in [-0.15, -0.1) is 0 Å². The van der Waals surface area contributed by atoms with E-state index in [9.17, 15) is 35.1 Å². The maximum Gasteiger partial charge on any atom is 0.306 e. The number of esters is 1. The zero-order valence-corrected chi connectivity index (χ0v) is 43.5. The van der Waals surface area contributed by atoms with E-state index in [-0.39, 0.29) is 19.4 Å². The molecule has 0 saturated carbocycles. The Morgan fingerprint density at radius 2 is 1.01 bits per heavy atom. The Kier molecular flexibility index (Phi) is 42.8. The van der Waals surface area contributed by atoms with E-state index >= 15 is 0 Å². The van der Waals surface area contributed by atoms with Crippen LogP contribution in [0.2, 0.25) is 0 Å². The number of allylic oxidation sites excluding steroid dienone is 7. The standard InChI is InChI=1S/C57H103NO10/c1-4-7-10-13-16-19-22-25-27-29-32-35-38-41-44-50(61)56(65)58-48(49(60)43-40-37-34-31-28-24-21-18-15-12-9-6-3)47-66-57-55(54(64)53(63)51(46-59)67-57)68-52(62)45-42-39-36-33-30-26-23-20-17-14-11-8-5-2/h19,22,26,30,36,39-40,43,48-51,53-55,57,59-61,63-64H,4-18,20-21,23-25,27-29,31-35,37-38,41-42,44-47H2,1-3H3,(H,58,65)/b22-19-,30-26-,39-36+,43-40+. The number of nitrogens with one attached hydrogen (secondary N) is 1. The van der Waals surface area contributed by atoms with Crippen LogP contribution in [0, 0.1) is 0 Å². The fourth-order valence-electron chi connectivity index (χ4n) is 8.46. The summed E-state index contributed by atoms with van der Waals surface area (Å²) in [5.74, 6) is -1.27. The van der Waals surface area contributed by atoms with Gasteiger partial charge < -0.3 is 45.1 Å². The summed E-state index contributed by atoms with van der Waals surface area (Å²) < 4.78 is 17.5. The lowest BCUT2D eigenvalue weighted by Gasteiger charge is -2.41. The maximum absolute atomic E-state index is 13.3. The van der Waals surface area contributed by atoms with Gasteiger partial charge in [0.25, 0.3) is 0 Å². The molecule has 1 heterocycles. The third-order valence-corrected chi connectivity index (χ3v) is 13.0. The van der Waals surface area contributed by atoms with Crippen molar-refractivity contribution in [3.05, 3.63) is 48.6 Å². The maximum atomic E-state index is 13.3. The van der Waals surface area contributed by atoms with E-state index < -0.39 is 67.4 Å². The number of unbranched alkanes of at least 4 members (excludes halogenated alkanes) is 26. The van der Waals surface area contributed by atoms with E-state index in [2.05, 4.69) is 50.4 Å². The van der Waals surface area contributed by atoms with Crippen LogP contribution >= 0.6 is 0 Å². The van der Waals surface area contributed by atoms with Crippen LogP contribution in [-0.2, 0) is 23.8 Å². The van der Waals surface area contributed by atoms with Crippen molar-refractivity contribution in [1.29, 1.82) is 0 Å². The van der Waals surface area contributed by atoms with Gasteiger partial charge in [-0.25, -0.2) is 0 Å². The van der Waals surface area contributed by atoms with Crippen molar-refractivity contribution in [2.24, 2.45) is 0 Å². The first-order chi connectivity index (χ1) is 33.2. The highest BCUT2D eigenvalue weighted by atomic mass is 16.7. The average Bonchev–Trinajstić information content (AvgIpc) is 3.33. The van der Waals surface area contributed by atoms with Gasteiger partial charge in [0.05, 0.1) is 25.4 Å². The van der Waals surface area contributed by atoms with Crippen LogP contribution in [0.5, 0.6) is 0 Å². The van der Waals surface area contributed by atoms with Gasteiger partial charge in [0.2, 0.25) is 5.91 Å². The molecule has 396 valence electrons. The Morgan fingerprint density at radius 1 is 0.574 bits per heavy atom. The summed E-state index contributed by atoms with van der Waals surface area (Å²) >= 11 is 0. The summed E-state index contributed by atoms with van der Waals surface area (Å²) in [5, 5.41) is 56.7. The average molecular weight is 962 g/mol. The highest BCUT2D eigenvalue weighted by molar-refractivity contribution is 5.80. The third-order valence-electron chi connectivity index (χ3n) is 13.0. The minimum absolute atomic E-state index is 0.0173. The van der Waals surface area contributed by atoms with Crippen LogP contribution in [-0.4, -0.2) is 99.6 Å². The number of carbonyl (C=O) groups excluding carboxylic acids is 2. The summed E-state index contributed by atoms with van der Waals surface area (Å²) in [6.07, 6.45) is 43.1. The Morgan fingerprint density at radius 3 is 1.53 bits per heavy atom. The molecule has 1 aliphatic heterocycles. The number of hydrogen-bond acceptors (Lipinski definition) is 10. The molecule has 0 bridgehead atoms.